The van der Waals surface area contributed by atoms with Gasteiger partial charge in [-0.1, -0.05) is 35.9 Å². The zero-order valence-corrected chi connectivity index (χ0v) is 15.0. The Labute approximate surface area is 153 Å². The molecule has 0 saturated carbocycles. The molecule has 0 aliphatic carbocycles. The lowest BCUT2D eigenvalue weighted by atomic mass is 10.2. The Morgan fingerprint density at radius 1 is 1.04 bits per heavy atom. The lowest BCUT2D eigenvalue weighted by Gasteiger charge is -2.06. The van der Waals surface area contributed by atoms with Crippen molar-refractivity contribution in [1.82, 2.24) is 5.43 Å². The Balaban J connectivity index is 1.73. The predicted molar refractivity (Wildman–Crippen MR) is 99.2 cm³/mol. The first-order valence-electron chi connectivity index (χ1n) is 7.16. The third-order valence-electron chi connectivity index (χ3n) is 3.00. The van der Waals surface area contributed by atoms with Crippen molar-refractivity contribution in [3.05, 3.63) is 63.6 Å². The molecule has 0 aliphatic rings. The molecule has 0 spiro atoms. The van der Waals surface area contributed by atoms with Crippen LogP contribution in [0.2, 0.25) is 5.02 Å². The van der Waals surface area contributed by atoms with Crippen LogP contribution in [0.5, 0.6) is 0 Å². The fraction of sp³-hybridized carbons (Fsp3) is 0.118. The first-order chi connectivity index (χ1) is 11.5. The maximum atomic E-state index is 11.8. The van der Waals surface area contributed by atoms with Gasteiger partial charge in [-0.15, -0.1) is 0 Å². The van der Waals surface area contributed by atoms with E-state index in [0.717, 1.165) is 10.0 Å². The van der Waals surface area contributed by atoms with Gasteiger partial charge in [0.2, 0.25) is 11.8 Å². The second kappa shape index (κ2) is 9.20. The predicted octanol–water partition coefficient (Wildman–Crippen LogP) is 3.97. The number of nitrogens with one attached hydrogen (secondary N) is 2. The van der Waals surface area contributed by atoms with Crippen LogP contribution >= 0.6 is 27.5 Å². The first kappa shape index (κ1) is 18.2. The number of halogens is 2. The van der Waals surface area contributed by atoms with Crippen molar-refractivity contribution in [1.29, 1.82) is 0 Å². The van der Waals surface area contributed by atoms with E-state index in [1.54, 1.807) is 30.3 Å². The van der Waals surface area contributed by atoms with Crippen LogP contribution in [0, 0.1) is 0 Å². The van der Waals surface area contributed by atoms with Gasteiger partial charge in [0.25, 0.3) is 0 Å². The van der Waals surface area contributed by atoms with Crippen molar-refractivity contribution in [2.75, 3.05) is 5.32 Å². The molecule has 0 bridgehead atoms. The Morgan fingerprint density at radius 2 is 1.71 bits per heavy atom. The fourth-order valence-corrected chi connectivity index (χ4v) is 2.30. The average molecular weight is 409 g/mol. The molecule has 0 heterocycles. The molecule has 0 radical (unpaired) electrons. The number of amides is 2. The monoisotopic (exact) mass is 407 g/mol. The topological polar surface area (TPSA) is 70.6 Å². The van der Waals surface area contributed by atoms with E-state index in [1.807, 2.05) is 18.2 Å². The number of hydrazone groups is 1. The number of para-hydroxylation sites is 1. The van der Waals surface area contributed by atoms with Crippen LogP contribution < -0.4 is 10.7 Å². The zero-order valence-electron chi connectivity index (χ0n) is 12.6. The normalized spacial score (nSPS) is 10.6. The lowest BCUT2D eigenvalue weighted by molar-refractivity contribution is -0.124. The Kier molecular flexibility index (Phi) is 6.96. The summed E-state index contributed by atoms with van der Waals surface area (Å²) in [5.74, 6) is -0.568. The molecule has 5 nitrogen and oxygen atoms in total. The summed E-state index contributed by atoms with van der Waals surface area (Å²) < 4.78 is 0.787. The molecule has 0 aromatic heterocycles. The maximum absolute atomic E-state index is 11.8. The second-order valence-electron chi connectivity index (χ2n) is 4.87. The molecule has 24 heavy (non-hydrogen) atoms. The number of carbonyl (C=O) groups is 2. The van der Waals surface area contributed by atoms with Crippen molar-refractivity contribution >= 4 is 51.2 Å². The molecular formula is C17H15BrClN3O2. The van der Waals surface area contributed by atoms with Gasteiger partial charge in [-0.05, 0) is 45.8 Å². The third kappa shape index (κ3) is 6.14. The molecular weight excluding hydrogens is 394 g/mol. The molecule has 7 heteroatoms. The number of anilines is 1. The van der Waals surface area contributed by atoms with Crippen molar-refractivity contribution < 1.29 is 9.59 Å². The van der Waals surface area contributed by atoms with Gasteiger partial charge in [-0.25, -0.2) is 5.43 Å². The van der Waals surface area contributed by atoms with E-state index in [2.05, 4.69) is 31.8 Å². The minimum atomic E-state index is -0.331. The van der Waals surface area contributed by atoms with Gasteiger partial charge in [-0.3, -0.25) is 9.59 Å². The SMILES string of the molecule is O=C(CCC(=O)Nc1ccccc1Br)N/N=C/c1ccc(Cl)cc1. The molecule has 0 fully saturated rings. The number of hydrogen-bond donors (Lipinski definition) is 2. The van der Waals surface area contributed by atoms with Crippen LogP contribution in [0.4, 0.5) is 5.69 Å². The van der Waals surface area contributed by atoms with E-state index >= 15 is 0 Å². The van der Waals surface area contributed by atoms with Crippen LogP contribution in [-0.4, -0.2) is 18.0 Å². The van der Waals surface area contributed by atoms with Crippen LogP contribution in [0.15, 0.2) is 58.1 Å². The second-order valence-corrected chi connectivity index (χ2v) is 6.16. The third-order valence-corrected chi connectivity index (χ3v) is 3.94. The van der Waals surface area contributed by atoms with Crippen LogP contribution in [0.3, 0.4) is 0 Å². The molecule has 2 rings (SSSR count). The van der Waals surface area contributed by atoms with Gasteiger partial charge in [0.1, 0.15) is 0 Å². The van der Waals surface area contributed by atoms with E-state index in [1.165, 1.54) is 6.21 Å². The number of rotatable bonds is 6. The summed E-state index contributed by atoms with van der Waals surface area (Å²) in [5, 5.41) is 7.21. The average Bonchev–Trinajstić information content (AvgIpc) is 2.57. The Morgan fingerprint density at radius 3 is 2.42 bits per heavy atom. The zero-order chi connectivity index (χ0) is 17.4. The van der Waals surface area contributed by atoms with Crippen LogP contribution in [0.1, 0.15) is 18.4 Å². The molecule has 0 unspecified atom stereocenters. The standard InChI is InChI=1S/C17H15BrClN3O2/c18-14-3-1-2-4-15(14)21-16(23)9-10-17(24)22-20-11-12-5-7-13(19)8-6-12/h1-8,11H,9-10H2,(H,21,23)(H,22,24)/b20-11+. The van der Waals surface area contributed by atoms with Gasteiger partial charge in [0.15, 0.2) is 0 Å². The first-order valence-corrected chi connectivity index (χ1v) is 8.33. The summed E-state index contributed by atoms with van der Waals surface area (Å²) in [6.45, 7) is 0. The highest BCUT2D eigenvalue weighted by atomic mass is 79.9. The smallest absolute Gasteiger partial charge is 0.240 e. The van der Waals surface area contributed by atoms with Gasteiger partial charge in [0.05, 0.1) is 11.9 Å². The van der Waals surface area contributed by atoms with Gasteiger partial charge >= 0.3 is 0 Å². The van der Waals surface area contributed by atoms with Crippen LogP contribution in [-0.2, 0) is 9.59 Å². The summed E-state index contributed by atoms with van der Waals surface area (Å²) in [5.41, 5.74) is 3.87. The van der Waals surface area contributed by atoms with Crippen LogP contribution in [0.25, 0.3) is 0 Å². The summed E-state index contributed by atoms with van der Waals surface area (Å²) >= 11 is 9.12. The minimum absolute atomic E-state index is 0.0498. The van der Waals surface area contributed by atoms with Crippen molar-refractivity contribution in [2.45, 2.75) is 12.8 Å². The molecule has 0 aliphatic heterocycles. The van der Waals surface area contributed by atoms with Gasteiger partial charge in [0, 0.05) is 22.3 Å². The quantitative estimate of drug-likeness (QED) is 0.561. The number of benzene rings is 2. The molecule has 2 N–H and O–H groups in total. The number of nitrogens with zero attached hydrogens (tertiary/aromatic N) is 1. The molecule has 0 atom stereocenters. The molecule has 2 aromatic rings. The van der Waals surface area contributed by atoms with E-state index in [-0.39, 0.29) is 24.7 Å². The Hall–Kier alpha value is -2.18. The summed E-state index contributed by atoms with van der Waals surface area (Å²) in [7, 11) is 0. The Bertz CT molecular complexity index is 748. The number of carbonyl (C=O) groups excluding carboxylic acids is 2. The van der Waals surface area contributed by atoms with E-state index < -0.39 is 0 Å². The van der Waals surface area contributed by atoms with E-state index in [9.17, 15) is 9.59 Å². The molecule has 2 aromatic carbocycles. The van der Waals surface area contributed by atoms with Crippen molar-refractivity contribution in [2.24, 2.45) is 5.10 Å². The highest BCUT2D eigenvalue weighted by Crippen LogP contribution is 2.21. The molecule has 2 amide bonds. The summed E-state index contributed by atoms with van der Waals surface area (Å²) in [6, 6.07) is 14.3. The fourth-order valence-electron chi connectivity index (χ4n) is 1.79. The largest absolute Gasteiger partial charge is 0.325 e. The van der Waals surface area contributed by atoms with Crippen molar-refractivity contribution in [3.63, 3.8) is 0 Å². The summed E-state index contributed by atoms with van der Waals surface area (Å²) in [6.07, 6.45) is 1.63. The highest BCUT2D eigenvalue weighted by molar-refractivity contribution is 9.10. The number of hydrogen-bond acceptors (Lipinski definition) is 3. The summed E-state index contributed by atoms with van der Waals surface area (Å²) in [4.78, 5) is 23.5. The molecule has 0 saturated heterocycles. The molecule has 124 valence electrons. The van der Waals surface area contributed by atoms with Gasteiger partial charge in [-0.2, -0.15) is 5.10 Å². The van der Waals surface area contributed by atoms with Gasteiger partial charge < -0.3 is 5.32 Å². The highest BCUT2D eigenvalue weighted by Gasteiger charge is 2.08. The maximum Gasteiger partial charge on any atom is 0.240 e. The van der Waals surface area contributed by atoms with E-state index in [0.29, 0.717) is 10.7 Å². The van der Waals surface area contributed by atoms with E-state index in [4.69, 9.17) is 11.6 Å². The minimum Gasteiger partial charge on any atom is -0.325 e. The van der Waals surface area contributed by atoms with Crippen molar-refractivity contribution in [3.8, 4) is 0 Å². The lowest BCUT2D eigenvalue weighted by Crippen LogP contribution is -2.20.